The Balaban J connectivity index is 4.01. The van der Waals surface area contributed by atoms with Gasteiger partial charge in [-0.25, -0.2) is 9.98 Å². The minimum atomic E-state index is -4.34. The van der Waals surface area contributed by atoms with Gasteiger partial charge in [0, 0.05) is 6.21 Å². The minimum Gasteiger partial charge on any atom is -0.368 e. The van der Waals surface area contributed by atoms with Crippen LogP contribution in [-0.2, 0) is 0 Å². The third-order valence-corrected chi connectivity index (χ3v) is 0.733. The molecule has 0 radical (unpaired) electrons. The van der Waals surface area contributed by atoms with E-state index >= 15 is 0 Å². The zero-order valence-corrected chi connectivity index (χ0v) is 6.17. The van der Waals surface area contributed by atoms with Gasteiger partial charge in [-0.05, 0) is 0 Å². The molecule has 0 aliphatic rings. The van der Waals surface area contributed by atoms with E-state index in [1.54, 1.807) is 0 Å². The normalized spacial score (nSPS) is 13.8. The van der Waals surface area contributed by atoms with Crippen LogP contribution in [0.25, 0.3) is 0 Å². The molecule has 2 N–H and O–H groups in total. The summed E-state index contributed by atoms with van der Waals surface area (Å²) in [7, 11) is 0. The molecular formula is C6H8F3N3. The molecule has 0 aromatic rings. The van der Waals surface area contributed by atoms with E-state index in [1.165, 1.54) is 6.08 Å². The van der Waals surface area contributed by atoms with Crippen molar-refractivity contribution in [3.63, 3.8) is 0 Å². The fourth-order valence-electron chi connectivity index (χ4n) is 0.341. The molecule has 68 valence electrons. The molecule has 0 bridgehead atoms. The van der Waals surface area contributed by atoms with Crippen LogP contribution < -0.4 is 5.73 Å². The van der Waals surface area contributed by atoms with Crippen LogP contribution in [0.4, 0.5) is 13.2 Å². The maximum Gasteiger partial charge on any atom is 0.408 e. The van der Waals surface area contributed by atoms with Gasteiger partial charge in [0.25, 0.3) is 0 Å². The molecule has 0 saturated heterocycles. The molecule has 0 aliphatic carbocycles. The smallest absolute Gasteiger partial charge is 0.368 e. The SMILES string of the molecule is C=CC=NC(N)=NCC(F)(F)F. The summed E-state index contributed by atoms with van der Waals surface area (Å²) < 4.78 is 34.5. The van der Waals surface area contributed by atoms with Crippen LogP contribution in [0.5, 0.6) is 0 Å². The van der Waals surface area contributed by atoms with Crippen molar-refractivity contribution in [3.05, 3.63) is 12.7 Å². The quantitative estimate of drug-likeness (QED) is 0.501. The molecule has 0 rings (SSSR count). The summed E-state index contributed by atoms with van der Waals surface area (Å²) in [6.45, 7) is 1.95. The van der Waals surface area contributed by atoms with Crippen molar-refractivity contribution in [1.82, 2.24) is 0 Å². The van der Waals surface area contributed by atoms with Crippen LogP contribution in [-0.4, -0.2) is 24.9 Å². The first kappa shape index (κ1) is 10.7. The van der Waals surface area contributed by atoms with E-state index in [9.17, 15) is 13.2 Å². The molecule has 0 fully saturated rings. The number of rotatable bonds is 2. The summed E-state index contributed by atoms with van der Waals surface area (Å²) in [5.74, 6) is -0.410. The van der Waals surface area contributed by atoms with Gasteiger partial charge in [0.2, 0.25) is 5.96 Å². The van der Waals surface area contributed by atoms with Crippen molar-refractivity contribution < 1.29 is 13.2 Å². The average molecular weight is 179 g/mol. The third kappa shape index (κ3) is 6.79. The highest BCUT2D eigenvalue weighted by Gasteiger charge is 2.26. The van der Waals surface area contributed by atoms with Crippen molar-refractivity contribution in [1.29, 1.82) is 0 Å². The lowest BCUT2D eigenvalue weighted by molar-refractivity contribution is -0.118. The van der Waals surface area contributed by atoms with Gasteiger partial charge in [-0.15, -0.1) is 0 Å². The highest BCUT2D eigenvalue weighted by Crippen LogP contribution is 2.13. The maximum atomic E-state index is 11.5. The average Bonchev–Trinajstić information content (AvgIpc) is 1.95. The molecule has 3 nitrogen and oxygen atoms in total. The zero-order valence-electron chi connectivity index (χ0n) is 6.17. The van der Waals surface area contributed by atoms with E-state index in [0.29, 0.717) is 0 Å². The number of nitrogens with zero attached hydrogens (tertiary/aromatic N) is 2. The van der Waals surface area contributed by atoms with Crippen LogP contribution in [0, 0.1) is 0 Å². The van der Waals surface area contributed by atoms with Gasteiger partial charge in [-0.2, -0.15) is 13.2 Å². The fourth-order valence-corrected chi connectivity index (χ4v) is 0.341. The van der Waals surface area contributed by atoms with Gasteiger partial charge < -0.3 is 5.73 Å². The van der Waals surface area contributed by atoms with Gasteiger partial charge in [-0.1, -0.05) is 12.7 Å². The van der Waals surface area contributed by atoms with Crippen molar-refractivity contribution in [2.24, 2.45) is 15.7 Å². The molecule has 0 spiro atoms. The van der Waals surface area contributed by atoms with Crippen molar-refractivity contribution in [2.75, 3.05) is 6.54 Å². The van der Waals surface area contributed by atoms with Crippen molar-refractivity contribution >= 4 is 12.2 Å². The first-order valence-corrected chi connectivity index (χ1v) is 2.97. The predicted molar refractivity (Wildman–Crippen MR) is 41.2 cm³/mol. The molecule has 12 heavy (non-hydrogen) atoms. The fraction of sp³-hybridized carbons (Fsp3) is 0.333. The van der Waals surface area contributed by atoms with Crippen molar-refractivity contribution in [3.8, 4) is 0 Å². The van der Waals surface area contributed by atoms with Gasteiger partial charge in [0.1, 0.15) is 6.54 Å². The van der Waals surface area contributed by atoms with Gasteiger partial charge >= 0.3 is 6.18 Å². The molecule has 0 heterocycles. The number of allylic oxidation sites excluding steroid dienone is 1. The van der Waals surface area contributed by atoms with Gasteiger partial charge in [-0.3, -0.25) is 0 Å². The first-order chi connectivity index (χ1) is 5.45. The number of alkyl halides is 3. The van der Waals surface area contributed by atoms with Crippen LogP contribution in [0.15, 0.2) is 22.6 Å². The molecular weight excluding hydrogens is 171 g/mol. The summed E-state index contributed by atoms with van der Waals surface area (Å²) in [5.41, 5.74) is 4.97. The second-order valence-corrected chi connectivity index (χ2v) is 1.80. The summed E-state index contributed by atoms with van der Waals surface area (Å²) in [5, 5.41) is 0. The summed E-state index contributed by atoms with van der Waals surface area (Å²) in [6, 6.07) is 0. The van der Waals surface area contributed by atoms with E-state index in [2.05, 4.69) is 16.6 Å². The number of hydrogen-bond acceptors (Lipinski definition) is 1. The van der Waals surface area contributed by atoms with E-state index in [4.69, 9.17) is 5.73 Å². The lowest BCUT2D eigenvalue weighted by atomic mass is 10.6. The summed E-state index contributed by atoms with van der Waals surface area (Å²) >= 11 is 0. The Bertz CT molecular complexity index is 205. The Labute approximate surface area is 67.5 Å². The topological polar surface area (TPSA) is 50.7 Å². The molecule has 0 saturated carbocycles. The Morgan fingerprint density at radius 1 is 1.50 bits per heavy atom. The predicted octanol–water partition coefficient (Wildman–Crippen LogP) is 1.12. The Hall–Kier alpha value is -1.33. The molecule has 0 aliphatic heterocycles. The molecule has 0 aromatic heterocycles. The number of hydrogen-bond donors (Lipinski definition) is 1. The van der Waals surface area contributed by atoms with Crippen LogP contribution in [0.3, 0.4) is 0 Å². The monoisotopic (exact) mass is 179 g/mol. The molecule has 0 atom stereocenters. The third-order valence-electron chi connectivity index (χ3n) is 0.733. The van der Waals surface area contributed by atoms with E-state index in [1.807, 2.05) is 0 Å². The summed E-state index contributed by atoms with van der Waals surface area (Å²) in [4.78, 5) is 6.29. The molecule has 0 aromatic carbocycles. The van der Waals surface area contributed by atoms with Crippen LogP contribution >= 0.6 is 0 Å². The lowest BCUT2D eigenvalue weighted by Gasteiger charge is -2.00. The van der Waals surface area contributed by atoms with Crippen LogP contribution in [0.1, 0.15) is 0 Å². The Kier molecular flexibility index (Phi) is 4.03. The number of aliphatic imine (C=N–C) groups is 2. The Morgan fingerprint density at radius 2 is 2.08 bits per heavy atom. The standard InChI is InChI=1S/C6H8F3N3/c1-2-3-11-5(10)12-4-6(7,8)9/h2-3H,1,4H2,(H2,10,12). The van der Waals surface area contributed by atoms with Crippen LogP contribution in [0.2, 0.25) is 0 Å². The van der Waals surface area contributed by atoms with E-state index in [0.717, 1.165) is 6.21 Å². The maximum absolute atomic E-state index is 11.5. The second kappa shape index (κ2) is 4.53. The van der Waals surface area contributed by atoms with Gasteiger partial charge in [0.05, 0.1) is 0 Å². The minimum absolute atomic E-state index is 0.410. The van der Waals surface area contributed by atoms with E-state index < -0.39 is 18.7 Å². The largest absolute Gasteiger partial charge is 0.408 e. The molecule has 0 amide bonds. The molecule has 6 heteroatoms. The lowest BCUT2D eigenvalue weighted by Crippen LogP contribution is -2.17. The Morgan fingerprint density at radius 3 is 2.50 bits per heavy atom. The zero-order chi connectivity index (χ0) is 9.61. The molecule has 0 unspecified atom stereocenters. The number of halogens is 3. The number of guanidine groups is 1. The summed E-state index contributed by atoms with van der Waals surface area (Å²) in [6.07, 6.45) is -1.89. The first-order valence-electron chi connectivity index (χ1n) is 2.97. The number of nitrogens with two attached hydrogens (primary N) is 1. The highest BCUT2D eigenvalue weighted by atomic mass is 19.4. The van der Waals surface area contributed by atoms with Gasteiger partial charge in [0.15, 0.2) is 0 Å². The van der Waals surface area contributed by atoms with Crippen molar-refractivity contribution in [2.45, 2.75) is 6.18 Å². The van der Waals surface area contributed by atoms with E-state index in [-0.39, 0.29) is 0 Å². The second-order valence-electron chi connectivity index (χ2n) is 1.80. The highest BCUT2D eigenvalue weighted by molar-refractivity contribution is 5.89.